The molecule has 4 nitrogen and oxygen atoms in total. The standard InChI is InChI=1S/C22H22FN3OS.ClH/c23-16-11-9-15(10-12-16)22-26-19-8-4-7-18(20(19)28-22)25-21(27)17(24)13-14-5-2-1-3-6-14;/h1-3,5-6,9-12,17-18H,4,7-8,13,24H2,(H,25,27);1H/t17-,18?;/m0./s1. The van der Waals surface area contributed by atoms with E-state index in [9.17, 15) is 9.18 Å². The van der Waals surface area contributed by atoms with Gasteiger partial charge in [0.15, 0.2) is 0 Å². The van der Waals surface area contributed by atoms with Crippen molar-refractivity contribution in [3.8, 4) is 10.6 Å². The van der Waals surface area contributed by atoms with Gasteiger partial charge in [0.05, 0.1) is 22.7 Å². The molecule has 1 unspecified atom stereocenters. The van der Waals surface area contributed by atoms with E-state index in [2.05, 4.69) is 5.32 Å². The number of benzene rings is 2. The van der Waals surface area contributed by atoms with Crippen LogP contribution in [0.15, 0.2) is 54.6 Å². The first-order valence-electron chi connectivity index (χ1n) is 9.45. The topological polar surface area (TPSA) is 68.0 Å². The molecule has 29 heavy (non-hydrogen) atoms. The average molecular weight is 432 g/mol. The molecule has 0 bridgehead atoms. The number of hydrogen-bond donors (Lipinski definition) is 2. The molecule has 0 fully saturated rings. The van der Waals surface area contributed by atoms with Crippen molar-refractivity contribution in [2.45, 2.75) is 37.8 Å². The minimum Gasteiger partial charge on any atom is -0.347 e. The molecule has 152 valence electrons. The minimum atomic E-state index is -0.586. The number of aromatic nitrogens is 1. The van der Waals surface area contributed by atoms with Crippen LogP contribution in [-0.2, 0) is 17.6 Å². The Kier molecular flexibility index (Phi) is 7.00. The van der Waals surface area contributed by atoms with Crippen molar-refractivity contribution in [1.29, 1.82) is 0 Å². The van der Waals surface area contributed by atoms with Crippen LogP contribution in [0.5, 0.6) is 0 Å². The van der Waals surface area contributed by atoms with Crippen molar-refractivity contribution in [1.82, 2.24) is 10.3 Å². The zero-order valence-electron chi connectivity index (χ0n) is 15.8. The lowest BCUT2D eigenvalue weighted by atomic mass is 9.97. The molecule has 1 aromatic heterocycles. The third-order valence-corrected chi connectivity index (χ3v) is 6.25. The second-order valence-corrected chi connectivity index (χ2v) is 8.12. The van der Waals surface area contributed by atoms with Gasteiger partial charge in [0.25, 0.3) is 0 Å². The lowest BCUT2D eigenvalue weighted by molar-refractivity contribution is -0.123. The number of nitrogens with zero attached hydrogens (tertiary/aromatic N) is 1. The Morgan fingerprint density at radius 1 is 1.21 bits per heavy atom. The van der Waals surface area contributed by atoms with E-state index in [1.165, 1.54) is 12.1 Å². The number of thiazole rings is 1. The first-order chi connectivity index (χ1) is 13.6. The van der Waals surface area contributed by atoms with Crippen LogP contribution in [0.2, 0.25) is 0 Å². The Balaban J connectivity index is 0.00000240. The number of halogens is 2. The summed E-state index contributed by atoms with van der Waals surface area (Å²) in [6, 6.07) is 15.5. The van der Waals surface area contributed by atoms with Gasteiger partial charge >= 0.3 is 0 Å². The van der Waals surface area contributed by atoms with Crippen LogP contribution in [0.1, 0.15) is 35.0 Å². The molecular weight excluding hydrogens is 409 g/mol. The van der Waals surface area contributed by atoms with E-state index in [0.717, 1.165) is 46.0 Å². The molecule has 0 radical (unpaired) electrons. The SMILES string of the molecule is Cl.N[C@@H](Cc1ccccc1)C(=O)NC1CCCc2nc(-c3ccc(F)cc3)sc21. The zero-order chi connectivity index (χ0) is 19.5. The summed E-state index contributed by atoms with van der Waals surface area (Å²) in [5, 5.41) is 3.98. The molecule has 3 N–H and O–H groups in total. The van der Waals surface area contributed by atoms with Crippen LogP contribution < -0.4 is 11.1 Å². The number of carbonyl (C=O) groups is 1. The van der Waals surface area contributed by atoms with Crippen LogP contribution in [0.3, 0.4) is 0 Å². The number of fused-ring (bicyclic) bond motifs is 1. The lowest BCUT2D eigenvalue weighted by Crippen LogP contribution is -2.44. The number of nitrogens with one attached hydrogen (secondary N) is 1. The Labute approximate surface area is 179 Å². The maximum atomic E-state index is 13.2. The highest BCUT2D eigenvalue weighted by Crippen LogP contribution is 2.38. The summed E-state index contributed by atoms with van der Waals surface area (Å²) >= 11 is 1.57. The summed E-state index contributed by atoms with van der Waals surface area (Å²) in [4.78, 5) is 18.5. The quantitative estimate of drug-likeness (QED) is 0.627. The van der Waals surface area contributed by atoms with E-state index in [1.54, 1.807) is 23.5 Å². The second-order valence-electron chi connectivity index (χ2n) is 7.09. The van der Waals surface area contributed by atoms with Gasteiger partial charge in [0.2, 0.25) is 5.91 Å². The summed E-state index contributed by atoms with van der Waals surface area (Å²) < 4.78 is 13.2. The summed E-state index contributed by atoms with van der Waals surface area (Å²) in [5.74, 6) is -0.402. The number of hydrogen-bond acceptors (Lipinski definition) is 4. The fourth-order valence-corrected chi connectivity index (χ4v) is 4.72. The summed E-state index contributed by atoms with van der Waals surface area (Å²) in [7, 11) is 0. The van der Waals surface area contributed by atoms with E-state index in [1.807, 2.05) is 30.3 Å². The molecule has 1 aliphatic carbocycles. The van der Waals surface area contributed by atoms with Gasteiger partial charge in [-0.2, -0.15) is 0 Å². The van der Waals surface area contributed by atoms with Crippen LogP contribution in [0.25, 0.3) is 10.6 Å². The van der Waals surface area contributed by atoms with Gasteiger partial charge in [-0.15, -0.1) is 23.7 Å². The van der Waals surface area contributed by atoms with Gasteiger partial charge < -0.3 is 11.1 Å². The fraction of sp³-hybridized carbons (Fsp3) is 0.273. The second kappa shape index (κ2) is 9.48. The highest BCUT2D eigenvalue weighted by atomic mass is 35.5. The minimum absolute atomic E-state index is 0. The third kappa shape index (κ3) is 5.01. The maximum Gasteiger partial charge on any atom is 0.237 e. The van der Waals surface area contributed by atoms with E-state index >= 15 is 0 Å². The van der Waals surface area contributed by atoms with E-state index in [0.29, 0.717) is 6.42 Å². The van der Waals surface area contributed by atoms with Crippen LogP contribution in [-0.4, -0.2) is 16.9 Å². The predicted octanol–water partition coefficient (Wildman–Crippen LogP) is 4.43. The number of carbonyl (C=O) groups excluding carboxylic acids is 1. The number of rotatable bonds is 5. The number of aryl methyl sites for hydroxylation is 1. The molecule has 3 aromatic rings. The smallest absolute Gasteiger partial charge is 0.237 e. The average Bonchev–Trinajstić information content (AvgIpc) is 3.14. The Morgan fingerprint density at radius 3 is 2.66 bits per heavy atom. The van der Waals surface area contributed by atoms with Crippen molar-refractivity contribution < 1.29 is 9.18 Å². The van der Waals surface area contributed by atoms with Crippen molar-refractivity contribution in [2.75, 3.05) is 0 Å². The van der Waals surface area contributed by atoms with Gasteiger partial charge in [0, 0.05) is 5.56 Å². The molecule has 2 atom stereocenters. The van der Waals surface area contributed by atoms with Crippen molar-refractivity contribution in [3.63, 3.8) is 0 Å². The number of nitrogens with two attached hydrogens (primary N) is 1. The molecular formula is C22H23ClFN3OS. The summed E-state index contributed by atoms with van der Waals surface area (Å²) in [6.07, 6.45) is 3.26. The molecule has 1 amide bonds. The highest BCUT2D eigenvalue weighted by molar-refractivity contribution is 7.15. The first kappa shape index (κ1) is 21.4. The van der Waals surface area contributed by atoms with Gasteiger partial charge in [-0.3, -0.25) is 4.79 Å². The number of amides is 1. The Bertz CT molecular complexity index is 962. The molecule has 0 aliphatic heterocycles. The Hall–Kier alpha value is -2.28. The fourth-order valence-electron chi connectivity index (χ4n) is 3.51. The molecule has 0 saturated carbocycles. The van der Waals surface area contributed by atoms with Crippen LogP contribution >= 0.6 is 23.7 Å². The largest absolute Gasteiger partial charge is 0.347 e. The van der Waals surface area contributed by atoms with Gasteiger partial charge in [0.1, 0.15) is 10.8 Å². The highest BCUT2D eigenvalue weighted by Gasteiger charge is 2.27. The molecule has 1 aliphatic rings. The predicted molar refractivity (Wildman–Crippen MR) is 117 cm³/mol. The maximum absolute atomic E-state index is 13.2. The van der Waals surface area contributed by atoms with E-state index in [4.69, 9.17) is 10.7 Å². The van der Waals surface area contributed by atoms with Gasteiger partial charge in [-0.05, 0) is 55.5 Å². The Morgan fingerprint density at radius 2 is 1.93 bits per heavy atom. The first-order valence-corrected chi connectivity index (χ1v) is 10.3. The molecule has 1 heterocycles. The zero-order valence-corrected chi connectivity index (χ0v) is 17.4. The van der Waals surface area contributed by atoms with Gasteiger partial charge in [-0.25, -0.2) is 9.37 Å². The normalized spacial score (nSPS) is 16.4. The van der Waals surface area contributed by atoms with Crippen LogP contribution in [0, 0.1) is 5.82 Å². The molecule has 7 heteroatoms. The molecule has 0 spiro atoms. The molecule has 2 aromatic carbocycles. The van der Waals surface area contributed by atoms with Crippen molar-refractivity contribution >= 4 is 29.7 Å². The van der Waals surface area contributed by atoms with Crippen LogP contribution in [0.4, 0.5) is 4.39 Å². The summed E-state index contributed by atoms with van der Waals surface area (Å²) in [6.45, 7) is 0. The van der Waals surface area contributed by atoms with Crippen molar-refractivity contribution in [2.24, 2.45) is 5.73 Å². The molecule has 4 rings (SSSR count). The monoisotopic (exact) mass is 431 g/mol. The van der Waals surface area contributed by atoms with Crippen molar-refractivity contribution in [3.05, 3.63) is 76.5 Å². The van der Waals surface area contributed by atoms with E-state index in [-0.39, 0.29) is 30.2 Å². The van der Waals surface area contributed by atoms with Gasteiger partial charge in [-0.1, -0.05) is 30.3 Å². The van der Waals surface area contributed by atoms with E-state index < -0.39 is 6.04 Å². The lowest BCUT2D eigenvalue weighted by Gasteiger charge is -2.24. The summed E-state index contributed by atoms with van der Waals surface area (Å²) in [5.41, 5.74) is 9.10. The molecule has 0 saturated heterocycles. The third-order valence-electron chi connectivity index (χ3n) is 4.99.